The summed E-state index contributed by atoms with van der Waals surface area (Å²) in [6.45, 7) is 3.85. The Bertz CT molecular complexity index is 551. The lowest BCUT2D eigenvalue weighted by atomic mass is 10.1. The molecule has 2 rings (SSSR count). The van der Waals surface area contributed by atoms with Crippen molar-refractivity contribution in [1.82, 2.24) is 19.9 Å². The summed E-state index contributed by atoms with van der Waals surface area (Å²) in [5.41, 5.74) is 0. The Morgan fingerprint density at radius 1 is 0.923 bits per heavy atom. The van der Waals surface area contributed by atoms with Gasteiger partial charge in [-0.05, 0) is 18.0 Å². The zero-order chi connectivity index (χ0) is 18.6. The molecule has 26 heavy (non-hydrogen) atoms. The van der Waals surface area contributed by atoms with E-state index in [0.29, 0.717) is 11.9 Å². The normalized spacial score (nSPS) is 13.7. The third-order valence-electron chi connectivity index (χ3n) is 4.54. The van der Waals surface area contributed by atoms with Gasteiger partial charge in [-0.1, -0.05) is 64.7 Å². The average molecular weight is 381 g/mol. The average Bonchev–Trinajstić information content (AvgIpc) is 3.06. The van der Waals surface area contributed by atoms with Crippen molar-refractivity contribution in [3.05, 3.63) is 17.7 Å². The van der Waals surface area contributed by atoms with Crippen molar-refractivity contribution in [3.8, 4) is 0 Å². The van der Waals surface area contributed by atoms with Crippen LogP contribution in [-0.4, -0.2) is 40.1 Å². The van der Waals surface area contributed by atoms with Gasteiger partial charge in [0.25, 0.3) is 0 Å². The minimum absolute atomic E-state index is 0.225. The molecule has 0 bridgehead atoms. The predicted molar refractivity (Wildman–Crippen MR) is 109 cm³/mol. The van der Waals surface area contributed by atoms with Gasteiger partial charge >= 0.3 is 0 Å². The van der Waals surface area contributed by atoms with Crippen LogP contribution in [-0.2, 0) is 0 Å². The van der Waals surface area contributed by atoms with Crippen LogP contribution in [0, 0.1) is 0 Å². The lowest BCUT2D eigenvalue weighted by Gasteiger charge is -2.16. The van der Waals surface area contributed by atoms with Crippen molar-refractivity contribution in [2.24, 2.45) is 0 Å². The highest BCUT2D eigenvalue weighted by Gasteiger charge is 2.15. The van der Waals surface area contributed by atoms with E-state index in [4.69, 9.17) is 11.6 Å². The van der Waals surface area contributed by atoms with Crippen LogP contribution in [0.4, 0.5) is 11.9 Å². The van der Waals surface area contributed by atoms with Gasteiger partial charge in [-0.3, -0.25) is 4.90 Å². The van der Waals surface area contributed by atoms with Crippen LogP contribution in [0.15, 0.2) is 12.4 Å². The summed E-state index contributed by atoms with van der Waals surface area (Å²) >= 11 is 6.04. The molecule has 1 N–H and O–H groups in total. The second-order valence-electron chi connectivity index (χ2n) is 7.00. The monoisotopic (exact) mass is 380 g/mol. The van der Waals surface area contributed by atoms with Gasteiger partial charge in [-0.25, -0.2) is 0 Å². The van der Waals surface area contributed by atoms with Crippen LogP contribution < -0.4 is 10.2 Å². The Morgan fingerprint density at radius 2 is 1.58 bits per heavy atom. The summed E-state index contributed by atoms with van der Waals surface area (Å²) in [6.07, 6.45) is 17.2. The van der Waals surface area contributed by atoms with Crippen LogP contribution in [0.2, 0.25) is 5.28 Å². The standard InChI is InChI=1S/C19H33ClN6/c1-3-4-5-6-7-8-9-10-11-12-13-21-18-22-17(20)23-19(24-18)26-15-14-25(2)16-26/h14-15H,3-13,16H2,1-2H3,(H,21,22,23,24). The van der Waals surface area contributed by atoms with E-state index >= 15 is 0 Å². The number of unbranched alkanes of at least 4 members (excludes halogenated alkanes) is 9. The first kappa shape index (κ1) is 20.7. The molecule has 1 aromatic rings. The molecule has 146 valence electrons. The predicted octanol–water partition coefficient (Wildman–Crippen LogP) is 5.04. The molecular weight excluding hydrogens is 348 g/mol. The molecule has 1 aromatic heterocycles. The fourth-order valence-corrected chi connectivity index (χ4v) is 3.17. The van der Waals surface area contributed by atoms with Gasteiger partial charge in [0.1, 0.15) is 0 Å². The summed E-state index contributed by atoms with van der Waals surface area (Å²) in [5, 5.41) is 3.50. The molecule has 1 aliphatic heterocycles. The smallest absolute Gasteiger partial charge is 0.237 e. The molecule has 0 aromatic carbocycles. The van der Waals surface area contributed by atoms with E-state index in [1.165, 1.54) is 57.8 Å². The highest BCUT2D eigenvalue weighted by atomic mass is 35.5. The summed E-state index contributed by atoms with van der Waals surface area (Å²) in [6, 6.07) is 0. The van der Waals surface area contributed by atoms with Gasteiger partial charge in [0, 0.05) is 26.0 Å². The molecule has 0 unspecified atom stereocenters. The van der Waals surface area contributed by atoms with Crippen molar-refractivity contribution in [3.63, 3.8) is 0 Å². The fraction of sp³-hybridized carbons (Fsp3) is 0.737. The van der Waals surface area contributed by atoms with Crippen LogP contribution >= 0.6 is 11.6 Å². The molecule has 0 amide bonds. The number of hydrogen-bond acceptors (Lipinski definition) is 6. The number of nitrogens with one attached hydrogen (secondary N) is 1. The molecule has 1 aliphatic rings. The number of halogens is 1. The van der Waals surface area contributed by atoms with Crippen molar-refractivity contribution in [1.29, 1.82) is 0 Å². The van der Waals surface area contributed by atoms with Gasteiger partial charge in [-0.2, -0.15) is 15.0 Å². The Labute approximate surface area is 163 Å². The van der Waals surface area contributed by atoms with Crippen LogP contribution in [0.25, 0.3) is 0 Å². The molecular formula is C19H33ClN6. The molecule has 0 saturated carbocycles. The van der Waals surface area contributed by atoms with Crippen LogP contribution in [0.5, 0.6) is 0 Å². The zero-order valence-corrected chi connectivity index (χ0v) is 17.0. The highest BCUT2D eigenvalue weighted by Crippen LogP contribution is 2.17. The van der Waals surface area contributed by atoms with Crippen molar-refractivity contribution >= 4 is 23.5 Å². The molecule has 7 heteroatoms. The largest absolute Gasteiger partial charge is 0.361 e. The van der Waals surface area contributed by atoms with Gasteiger partial charge in [-0.15, -0.1) is 0 Å². The highest BCUT2D eigenvalue weighted by molar-refractivity contribution is 6.28. The maximum absolute atomic E-state index is 6.04. The first-order valence-corrected chi connectivity index (χ1v) is 10.4. The summed E-state index contributed by atoms with van der Waals surface area (Å²) in [4.78, 5) is 16.8. The molecule has 2 heterocycles. The number of hydrogen-bond donors (Lipinski definition) is 1. The molecule has 0 saturated heterocycles. The Balaban J connectivity index is 1.58. The second kappa shape index (κ2) is 11.9. The van der Waals surface area contributed by atoms with E-state index < -0.39 is 0 Å². The molecule has 6 nitrogen and oxygen atoms in total. The molecule has 0 spiro atoms. The van der Waals surface area contributed by atoms with E-state index in [2.05, 4.69) is 32.1 Å². The van der Waals surface area contributed by atoms with Gasteiger partial charge in [0.15, 0.2) is 0 Å². The minimum atomic E-state index is 0.225. The van der Waals surface area contributed by atoms with Crippen molar-refractivity contribution < 1.29 is 0 Å². The van der Waals surface area contributed by atoms with Gasteiger partial charge in [0.05, 0.1) is 6.67 Å². The number of rotatable bonds is 13. The van der Waals surface area contributed by atoms with Crippen LogP contribution in [0.1, 0.15) is 71.1 Å². The summed E-state index contributed by atoms with van der Waals surface area (Å²) < 4.78 is 0. The molecule has 0 aliphatic carbocycles. The summed E-state index contributed by atoms with van der Waals surface area (Å²) in [5.74, 6) is 1.13. The topological polar surface area (TPSA) is 57.2 Å². The first-order chi connectivity index (χ1) is 12.7. The van der Waals surface area contributed by atoms with Crippen molar-refractivity contribution in [2.45, 2.75) is 71.1 Å². The van der Waals surface area contributed by atoms with Gasteiger partial charge in [0.2, 0.25) is 17.2 Å². The Morgan fingerprint density at radius 3 is 2.19 bits per heavy atom. The maximum atomic E-state index is 6.04. The molecule has 0 atom stereocenters. The zero-order valence-electron chi connectivity index (χ0n) is 16.3. The third-order valence-corrected chi connectivity index (χ3v) is 4.71. The fourth-order valence-electron chi connectivity index (χ4n) is 3.02. The molecule has 0 fully saturated rings. The molecule has 0 radical (unpaired) electrons. The number of nitrogens with zero attached hydrogens (tertiary/aromatic N) is 5. The lowest BCUT2D eigenvalue weighted by Crippen LogP contribution is -2.24. The number of anilines is 2. The van der Waals surface area contributed by atoms with E-state index in [9.17, 15) is 0 Å². The van der Waals surface area contributed by atoms with E-state index in [1.54, 1.807) is 0 Å². The minimum Gasteiger partial charge on any atom is -0.361 e. The first-order valence-electron chi connectivity index (χ1n) is 9.99. The quantitative estimate of drug-likeness (QED) is 0.484. The number of aromatic nitrogens is 3. The lowest BCUT2D eigenvalue weighted by molar-refractivity contribution is 0.493. The van der Waals surface area contributed by atoms with Crippen LogP contribution in [0.3, 0.4) is 0 Å². The summed E-state index contributed by atoms with van der Waals surface area (Å²) in [7, 11) is 2.00. The second-order valence-corrected chi connectivity index (χ2v) is 7.34. The van der Waals surface area contributed by atoms with Crippen molar-refractivity contribution in [2.75, 3.05) is 30.5 Å². The van der Waals surface area contributed by atoms with E-state index in [-0.39, 0.29) is 5.28 Å². The Kier molecular flexibility index (Phi) is 9.53. The third kappa shape index (κ3) is 7.77. The van der Waals surface area contributed by atoms with E-state index in [0.717, 1.165) is 19.6 Å². The maximum Gasteiger partial charge on any atom is 0.237 e. The van der Waals surface area contributed by atoms with E-state index in [1.807, 2.05) is 24.3 Å². The Hall–Kier alpha value is -1.56. The SMILES string of the molecule is CCCCCCCCCCCCNc1nc(Cl)nc(N2C=CN(C)C2)n1. The van der Waals surface area contributed by atoms with Gasteiger partial charge < -0.3 is 10.2 Å².